The summed E-state index contributed by atoms with van der Waals surface area (Å²) in [6.45, 7) is 7.08. The van der Waals surface area contributed by atoms with Gasteiger partial charge in [0.1, 0.15) is 5.66 Å². The fraction of sp³-hybridized carbons (Fsp3) is 0.818. The molecule has 5 nitrogen and oxygen atoms in total. The van der Waals surface area contributed by atoms with Crippen molar-refractivity contribution in [3.8, 4) is 0 Å². The predicted molar refractivity (Wildman–Crippen MR) is 73.1 cm³/mol. The van der Waals surface area contributed by atoms with Gasteiger partial charge in [0.15, 0.2) is 10.9 Å². The molecule has 0 saturated carbocycles. The fourth-order valence-electron chi connectivity index (χ4n) is 1.30. The molecule has 0 saturated heterocycles. The zero-order valence-corrected chi connectivity index (χ0v) is 13.0. The van der Waals surface area contributed by atoms with Gasteiger partial charge in [0.25, 0.3) is 0 Å². The van der Waals surface area contributed by atoms with E-state index in [4.69, 9.17) is 9.05 Å². The molecule has 106 valence electrons. The van der Waals surface area contributed by atoms with Gasteiger partial charge in [-0.25, -0.2) is 0 Å². The molecule has 0 amide bonds. The van der Waals surface area contributed by atoms with Crippen molar-refractivity contribution in [1.29, 1.82) is 0 Å². The Hall–Kier alpha value is -0.160. The molecule has 7 heteroatoms. The SMILES string of the molecule is CCOP(=O)(OCC)C(C)C(=O)CC(=O)SCC. The first-order valence-electron chi connectivity index (χ1n) is 5.98. The van der Waals surface area contributed by atoms with Gasteiger partial charge in [-0.2, -0.15) is 0 Å². The lowest BCUT2D eigenvalue weighted by atomic mass is 10.2. The summed E-state index contributed by atoms with van der Waals surface area (Å²) >= 11 is 1.08. The lowest BCUT2D eigenvalue weighted by Crippen LogP contribution is -2.22. The van der Waals surface area contributed by atoms with Crippen LogP contribution in [0.15, 0.2) is 0 Å². The first-order valence-corrected chi connectivity index (χ1v) is 8.58. The number of ketones is 1. The van der Waals surface area contributed by atoms with Crippen molar-refractivity contribution < 1.29 is 23.2 Å². The van der Waals surface area contributed by atoms with Crippen molar-refractivity contribution in [1.82, 2.24) is 0 Å². The van der Waals surface area contributed by atoms with Crippen LogP contribution < -0.4 is 0 Å². The van der Waals surface area contributed by atoms with E-state index in [0.29, 0.717) is 5.75 Å². The third kappa shape index (κ3) is 5.65. The molecule has 0 rings (SSSR count). The lowest BCUT2D eigenvalue weighted by Gasteiger charge is -2.22. The summed E-state index contributed by atoms with van der Waals surface area (Å²) in [4.78, 5) is 23.2. The molecule has 1 unspecified atom stereocenters. The molecule has 18 heavy (non-hydrogen) atoms. The first-order chi connectivity index (χ1) is 8.41. The number of hydrogen-bond donors (Lipinski definition) is 0. The summed E-state index contributed by atoms with van der Waals surface area (Å²) in [5, 5.41) is -0.214. The van der Waals surface area contributed by atoms with Gasteiger partial charge >= 0.3 is 7.60 Å². The number of carbonyl (C=O) groups is 2. The molecule has 0 aliphatic carbocycles. The van der Waals surface area contributed by atoms with Gasteiger partial charge in [0.2, 0.25) is 0 Å². The standard InChI is InChI=1S/C11H21O5PS/c1-5-15-17(14,16-6-2)9(4)10(12)8-11(13)18-7-3/h9H,5-8H2,1-4H3. The molecule has 0 fully saturated rings. The number of thioether (sulfide) groups is 1. The summed E-state index contributed by atoms with van der Waals surface area (Å²) in [6.07, 6.45) is -0.232. The van der Waals surface area contributed by atoms with Crippen molar-refractivity contribution in [3.05, 3.63) is 0 Å². The Morgan fingerprint density at radius 1 is 1.17 bits per heavy atom. The predicted octanol–water partition coefficient (Wildman–Crippen LogP) is 2.88. The topological polar surface area (TPSA) is 69.7 Å². The second-order valence-electron chi connectivity index (χ2n) is 3.50. The maximum atomic E-state index is 12.3. The molecule has 0 aromatic carbocycles. The van der Waals surface area contributed by atoms with Crippen molar-refractivity contribution in [2.75, 3.05) is 19.0 Å². The summed E-state index contributed by atoms with van der Waals surface area (Å²) in [5.74, 6) is 0.223. The van der Waals surface area contributed by atoms with Crippen molar-refractivity contribution in [2.24, 2.45) is 0 Å². The Morgan fingerprint density at radius 2 is 1.67 bits per heavy atom. The normalized spacial score (nSPS) is 13.3. The van der Waals surface area contributed by atoms with Gasteiger partial charge in [0, 0.05) is 0 Å². The van der Waals surface area contributed by atoms with Crippen molar-refractivity contribution in [2.45, 2.75) is 39.8 Å². The summed E-state index contributed by atoms with van der Waals surface area (Å²) in [5.41, 5.74) is -0.904. The maximum absolute atomic E-state index is 12.3. The maximum Gasteiger partial charge on any atom is 0.340 e. The highest BCUT2D eigenvalue weighted by molar-refractivity contribution is 8.13. The van der Waals surface area contributed by atoms with Crippen LogP contribution in [-0.4, -0.2) is 35.5 Å². The van der Waals surface area contributed by atoms with Gasteiger partial charge in [-0.05, 0) is 26.5 Å². The van der Waals surface area contributed by atoms with Crippen LogP contribution in [0.5, 0.6) is 0 Å². The Balaban J connectivity index is 4.66. The number of carbonyl (C=O) groups excluding carboxylic acids is 2. The molecular weight excluding hydrogens is 275 g/mol. The van der Waals surface area contributed by atoms with Gasteiger partial charge in [-0.3, -0.25) is 14.2 Å². The van der Waals surface area contributed by atoms with Gasteiger partial charge in [0.05, 0.1) is 19.6 Å². The van der Waals surface area contributed by atoms with E-state index in [0.717, 1.165) is 11.8 Å². The highest BCUT2D eigenvalue weighted by Crippen LogP contribution is 2.53. The summed E-state index contributed by atoms with van der Waals surface area (Å²) < 4.78 is 22.5. The molecule has 0 bridgehead atoms. The monoisotopic (exact) mass is 296 g/mol. The minimum atomic E-state index is -3.45. The molecule has 1 atom stereocenters. The molecule has 0 radical (unpaired) electrons. The second-order valence-corrected chi connectivity index (χ2v) is 7.19. The largest absolute Gasteiger partial charge is 0.340 e. The van der Waals surface area contributed by atoms with Gasteiger partial charge in [-0.1, -0.05) is 18.7 Å². The van der Waals surface area contributed by atoms with Crippen LogP contribution in [-0.2, 0) is 23.2 Å². The number of hydrogen-bond acceptors (Lipinski definition) is 6. The molecular formula is C11H21O5PS. The molecule has 0 aliphatic heterocycles. The zero-order chi connectivity index (χ0) is 14.2. The Bertz CT molecular complexity index is 321. The van der Waals surface area contributed by atoms with Crippen LogP contribution in [0, 0.1) is 0 Å². The summed E-state index contributed by atoms with van der Waals surface area (Å²) in [6, 6.07) is 0. The molecule has 0 heterocycles. The molecule has 0 aromatic heterocycles. The van der Waals surface area contributed by atoms with Crippen molar-refractivity contribution >= 4 is 30.3 Å². The van der Waals surface area contributed by atoms with E-state index in [1.54, 1.807) is 13.8 Å². The van der Waals surface area contributed by atoms with Crippen LogP contribution in [0.25, 0.3) is 0 Å². The summed E-state index contributed by atoms with van der Waals surface area (Å²) in [7, 11) is -3.45. The highest BCUT2D eigenvalue weighted by atomic mass is 32.2. The van der Waals surface area contributed by atoms with Crippen molar-refractivity contribution in [3.63, 3.8) is 0 Å². The molecule has 0 aliphatic rings. The molecule has 0 N–H and O–H groups in total. The first kappa shape index (κ1) is 17.8. The zero-order valence-electron chi connectivity index (χ0n) is 11.3. The van der Waals surface area contributed by atoms with Crippen LogP contribution >= 0.6 is 19.4 Å². The van der Waals surface area contributed by atoms with E-state index in [-0.39, 0.29) is 24.7 Å². The number of Topliss-reactive ketones (excluding diaryl/α,β-unsaturated/α-hetero) is 1. The van der Waals surface area contributed by atoms with Crippen LogP contribution in [0.2, 0.25) is 0 Å². The Morgan fingerprint density at radius 3 is 2.06 bits per heavy atom. The average Bonchev–Trinajstić information content (AvgIpc) is 2.28. The molecule has 0 spiro atoms. The van der Waals surface area contributed by atoms with Gasteiger partial charge in [-0.15, -0.1) is 0 Å². The lowest BCUT2D eigenvalue weighted by molar-refractivity contribution is -0.123. The van der Waals surface area contributed by atoms with Gasteiger partial charge < -0.3 is 9.05 Å². The van der Waals surface area contributed by atoms with E-state index in [2.05, 4.69) is 0 Å². The van der Waals surface area contributed by atoms with E-state index >= 15 is 0 Å². The Kier molecular flexibility index (Phi) is 8.78. The smallest absolute Gasteiger partial charge is 0.308 e. The molecule has 0 aromatic rings. The average molecular weight is 296 g/mol. The quantitative estimate of drug-likeness (QED) is 0.481. The van der Waals surface area contributed by atoms with Crippen LogP contribution in [0.4, 0.5) is 0 Å². The minimum Gasteiger partial charge on any atom is -0.308 e. The second kappa shape index (κ2) is 8.86. The van der Waals surface area contributed by atoms with Crippen LogP contribution in [0.1, 0.15) is 34.1 Å². The fourth-order valence-corrected chi connectivity index (χ4v) is 3.55. The van der Waals surface area contributed by atoms with Crippen LogP contribution in [0.3, 0.4) is 0 Å². The van der Waals surface area contributed by atoms with E-state index in [1.165, 1.54) is 6.92 Å². The highest BCUT2D eigenvalue weighted by Gasteiger charge is 2.37. The third-order valence-corrected chi connectivity index (χ3v) is 5.41. The number of rotatable bonds is 9. The van der Waals surface area contributed by atoms with E-state index in [1.807, 2.05) is 6.92 Å². The van der Waals surface area contributed by atoms with E-state index < -0.39 is 19.0 Å². The Labute approximate surface area is 113 Å². The van der Waals surface area contributed by atoms with E-state index in [9.17, 15) is 14.2 Å². The third-order valence-electron chi connectivity index (χ3n) is 2.18. The minimum absolute atomic E-state index is 0.201.